The molecule has 25 heavy (non-hydrogen) atoms. The Balaban J connectivity index is 1.38. The maximum absolute atomic E-state index is 12.6. The van der Waals surface area contributed by atoms with Crippen LogP contribution in [0.15, 0.2) is 47.3 Å². The third-order valence-corrected chi connectivity index (χ3v) is 4.92. The number of nitrogens with zero attached hydrogens (tertiary/aromatic N) is 4. The number of rotatable bonds is 4. The first-order valence-electron chi connectivity index (χ1n) is 8.86. The van der Waals surface area contributed by atoms with Crippen LogP contribution < -0.4 is 10.5 Å². The molecule has 2 fully saturated rings. The Bertz CT molecular complexity index is 806. The van der Waals surface area contributed by atoms with Crippen molar-refractivity contribution in [3.63, 3.8) is 0 Å². The zero-order chi connectivity index (χ0) is 17.2. The minimum atomic E-state index is -0.208. The summed E-state index contributed by atoms with van der Waals surface area (Å²) >= 11 is 0. The van der Waals surface area contributed by atoms with Gasteiger partial charge in [0.25, 0.3) is 5.56 Å². The Kier molecular flexibility index (Phi) is 4.26. The van der Waals surface area contributed by atoms with Crippen molar-refractivity contribution >= 4 is 11.6 Å². The topological polar surface area (TPSA) is 58.4 Å². The highest BCUT2D eigenvalue weighted by Gasteiger charge is 2.26. The lowest BCUT2D eigenvalue weighted by Gasteiger charge is -2.36. The lowest BCUT2D eigenvalue weighted by molar-refractivity contribution is -0.132. The van der Waals surface area contributed by atoms with Crippen molar-refractivity contribution < 1.29 is 4.79 Å². The van der Waals surface area contributed by atoms with Gasteiger partial charge < -0.3 is 9.80 Å². The lowest BCUT2D eigenvalue weighted by Crippen LogP contribution is -2.50. The first-order chi connectivity index (χ1) is 12.2. The van der Waals surface area contributed by atoms with Crippen molar-refractivity contribution in [3.05, 3.63) is 58.5 Å². The average molecular weight is 338 g/mol. The summed E-state index contributed by atoms with van der Waals surface area (Å²) < 4.78 is 1.32. The fourth-order valence-corrected chi connectivity index (χ4v) is 3.26. The third-order valence-electron chi connectivity index (χ3n) is 4.92. The van der Waals surface area contributed by atoms with Gasteiger partial charge in [0.15, 0.2) is 0 Å². The van der Waals surface area contributed by atoms with Gasteiger partial charge in [-0.15, -0.1) is 0 Å². The molecule has 1 aliphatic heterocycles. The molecule has 6 nitrogen and oxygen atoms in total. The van der Waals surface area contributed by atoms with E-state index in [1.807, 2.05) is 23.1 Å². The number of carbonyl (C=O) groups is 1. The van der Waals surface area contributed by atoms with Crippen molar-refractivity contribution in [2.24, 2.45) is 0 Å². The monoisotopic (exact) mass is 338 g/mol. The van der Waals surface area contributed by atoms with Gasteiger partial charge in [0.05, 0.1) is 5.69 Å². The lowest BCUT2D eigenvalue weighted by atomic mass is 10.2. The number of benzene rings is 1. The first kappa shape index (κ1) is 15.9. The van der Waals surface area contributed by atoms with Gasteiger partial charge in [0.1, 0.15) is 6.54 Å². The Labute approximate surface area is 146 Å². The minimum Gasteiger partial charge on any atom is -0.368 e. The highest BCUT2D eigenvalue weighted by molar-refractivity contribution is 5.76. The molecular weight excluding hydrogens is 316 g/mol. The van der Waals surface area contributed by atoms with Gasteiger partial charge in [0.2, 0.25) is 5.91 Å². The Morgan fingerprint density at radius 1 is 1.00 bits per heavy atom. The van der Waals surface area contributed by atoms with Crippen molar-refractivity contribution in [3.8, 4) is 0 Å². The molecule has 0 radical (unpaired) electrons. The Morgan fingerprint density at radius 3 is 2.40 bits per heavy atom. The van der Waals surface area contributed by atoms with E-state index in [0.29, 0.717) is 19.0 Å². The quantitative estimate of drug-likeness (QED) is 0.847. The van der Waals surface area contributed by atoms with E-state index in [0.717, 1.165) is 31.6 Å². The van der Waals surface area contributed by atoms with Gasteiger partial charge in [0, 0.05) is 43.9 Å². The molecule has 1 aromatic carbocycles. The summed E-state index contributed by atoms with van der Waals surface area (Å²) in [5, 5.41) is 4.38. The molecule has 0 bridgehead atoms. The predicted octanol–water partition coefficient (Wildman–Crippen LogP) is 1.47. The summed E-state index contributed by atoms with van der Waals surface area (Å²) in [5.41, 5.74) is 1.91. The second-order valence-electron chi connectivity index (χ2n) is 6.73. The van der Waals surface area contributed by atoms with Crippen LogP contribution in [0, 0.1) is 0 Å². The smallest absolute Gasteiger partial charge is 0.267 e. The van der Waals surface area contributed by atoms with Crippen LogP contribution in [-0.4, -0.2) is 46.8 Å². The summed E-state index contributed by atoms with van der Waals surface area (Å²) in [6.07, 6.45) is 2.25. The SMILES string of the molecule is O=C(Cn1nc(C2CC2)ccc1=O)N1CCN(c2ccccc2)CC1. The van der Waals surface area contributed by atoms with E-state index >= 15 is 0 Å². The van der Waals surface area contributed by atoms with Gasteiger partial charge in [-0.05, 0) is 31.0 Å². The zero-order valence-electron chi connectivity index (χ0n) is 14.2. The van der Waals surface area contributed by atoms with Gasteiger partial charge in [-0.25, -0.2) is 4.68 Å². The number of amides is 1. The largest absolute Gasteiger partial charge is 0.368 e. The van der Waals surface area contributed by atoms with Gasteiger partial charge in [-0.1, -0.05) is 18.2 Å². The molecule has 1 saturated heterocycles. The molecule has 1 aliphatic carbocycles. The van der Waals surface area contributed by atoms with Crippen molar-refractivity contribution in [2.75, 3.05) is 31.1 Å². The van der Waals surface area contributed by atoms with E-state index in [-0.39, 0.29) is 18.0 Å². The fourth-order valence-electron chi connectivity index (χ4n) is 3.26. The van der Waals surface area contributed by atoms with Gasteiger partial charge in [-0.2, -0.15) is 5.10 Å². The maximum Gasteiger partial charge on any atom is 0.267 e. The number of aromatic nitrogens is 2. The van der Waals surface area contributed by atoms with Crippen LogP contribution in [0.5, 0.6) is 0 Å². The van der Waals surface area contributed by atoms with E-state index in [1.165, 1.54) is 16.4 Å². The van der Waals surface area contributed by atoms with Crippen LogP contribution in [0.2, 0.25) is 0 Å². The van der Waals surface area contributed by atoms with Crippen LogP contribution in [0.1, 0.15) is 24.5 Å². The number of para-hydroxylation sites is 1. The number of piperazine rings is 1. The standard InChI is InChI=1S/C19H22N4O2/c24-18-9-8-17(15-6-7-15)20-23(18)14-19(25)22-12-10-21(11-13-22)16-4-2-1-3-5-16/h1-5,8-9,15H,6-7,10-14H2. The summed E-state index contributed by atoms with van der Waals surface area (Å²) in [7, 11) is 0. The van der Waals surface area contributed by atoms with Crippen LogP contribution in [0.3, 0.4) is 0 Å². The normalized spacial score (nSPS) is 17.6. The van der Waals surface area contributed by atoms with Crippen LogP contribution in [-0.2, 0) is 11.3 Å². The van der Waals surface area contributed by atoms with E-state index < -0.39 is 0 Å². The number of hydrogen-bond donors (Lipinski definition) is 0. The number of carbonyl (C=O) groups excluding carboxylic acids is 1. The molecule has 2 heterocycles. The molecule has 0 N–H and O–H groups in total. The fraction of sp³-hybridized carbons (Fsp3) is 0.421. The molecule has 1 saturated carbocycles. The van der Waals surface area contributed by atoms with Crippen LogP contribution >= 0.6 is 0 Å². The molecule has 2 aromatic rings. The molecule has 4 rings (SSSR count). The molecule has 1 amide bonds. The highest BCUT2D eigenvalue weighted by atomic mass is 16.2. The van der Waals surface area contributed by atoms with Crippen molar-refractivity contribution in [1.82, 2.24) is 14.7 Å². The van der Waals surface area contributed by atoms with Crippen LogP contribution in [0.4, 0.5) is 5.69 Å². The number of hydrogen-bond acceptors (Lipinski definition) is 4. The first-order valence-corrected chi connectivity index (χ1v) is 8.86. The molecule has 6 heteroatoms. The van der Waals surface area contributed by atoms with Crippen molar-refractivity contribution in [2.45, 2.75) is 25.3 Å². The summed E-state index contributed by atoms with van der Waals surface area (Å²) in [6, 6.07) is 13.6. The summed E-state index contributed by atoms with van der Waals surface area (Å²) in [5.74, 6) is 0.437. The van der Waals surface area contributed by atoms with Gasteiger partial charge >= 0.3 is 0 Å². The molecular formula is C19H22N4O2. The van der Waals surface area contributed by atoms with E-state index in [2.05, 4.69) is 22.1 Å². The van der Waals surface area contributed by atoms with E-state index in [9.17, 15) is 9.59 Å². The number of anilines is 1. The van der Waals surface area contributed by atoms with Crippen LogP contribution in [0.25, 0.3) is 0 Å². The maximum atomic E-state index is 12.6. The molecule has 0 spiro atoms. The predicted molar refractivity (Wildman–Crippen MR) is 95.7 cm³/mol. The molecule has 2 aliphatic rings. The molecule has 130 valence electrons. The highest BCUT2D eigenvalue weighted by Crippen LogP contribution is 2.38. The Morgan fingerprint density at radius 2 is 1.72 bits per heavy atom. The van der Waals surface area contributed by atoms with E-state index in [1.54, 1.807) is 6.07 Å². The summed E-state index contributed by atoms with van der Waals surface area (Å²) in [6.45, 7) is 2.99. The van der Waals surface area contributed by atoms with Gasteiger partial charge in [-0.3, -0.25) is 9.59 Å². The second kappa shape index (κ2) is 6.70. The minimum absolute atomic E-state index is 0.0322. The van der Waals surface area contributed by atoms with Crippen molar-refractivity contribution in [1.29, 1.82) is 0 Å². The molecule has 1 aromatic heterocycles. The second-order valence-corrected chi connectivity index (χ2v) is 6.73. The zero-order valence-corrected chi connectivity index (χ0v) is 14.2. The Hall–Kier alpha value is -2.63. The molecule has 0 atom stereocenters. The summed E-state index contributed by atoms with van der Waals surface area (Å²) in [4.78, 5) is 28.7. The van der Waals surface area contributed by atoms with E-state index in [4.69, 9.17) is 0 Å². The average Bonchev–Trinajstić information content (AvgIpc) is 3.49. The third kappa shape index (κ3) is 3.57. The molecule has 0 unspecified atom stereocenters.